The fourth-order valence-electron chi connectivity index (χ4n) is 1.88. The normalized spacial score (nSPS) is 12.4. The number of halogens is 2. The van der Waals surface area contributed by atoms with E-state index in [0.29, 0.717) is 12.0 Å². The van der Waals surface area contributed by atoms with Gasteiger partial charge in [-0.3, -0.25) is 0 Å². The Morgan fingerprint density at radius 1 is 1.05 bits per heavy atom. The highest BCUT2D eigenvalue weighted by atomic mass is 28.2. The van der Waals surface area contributed by atoms with Crippen molar-refractivity contribution in [3.8, 4) is 0 Å². The molecule has 0 atom stereocenters. The van der Waals surface area contributed by atoms with E-state index in [1.165, 1.54) is 12.1 Å². The van der Waals surface area contributed by atoms with Gasteiger partial charge < -0.3 is 13.9 Å². The van der Waals surface area contributed by atoms with Crippen LogP contribution in [0.1, 0.15) is 39.7 Å². The van der Waals surface area contributed by atoms with E-state index in [4.69, 9.17) is 13.9 Å². The minimum absolute atomic E-state index is 0.0334. The van der Waals surface area contributed by atoms with Crippen molar-refractivity contribution in [1.29, 1.82) is 0 Å². The van der Waals surface area contributed by atoms with Gasteiger partial charge in [-0.1, -0.05) is 6.07 Å². The number of ether oxygens (including phenoxy) is 2. The summed E-state index contributed by atoms with van der Waals surface area (Å²) in [6, 6.07) is 4.59. The van der Waals surface area contributed by atoms with E-state index in [2.05, 4.69) is 0 Å². The van der Waals surface area contributed by atoms with Gasteiger partial charge in [0.1, 0.15) is 11.6 Å². The van der Waals surface area contributed by atoms with Gasteiger partial charge in [0.05, 0.1) is 12.2 Å². The molecule has 0 fully saturated rings. The smallest absolute Gasteiger partial charge is 0.262 e. The second kappa shape index (κ2) is 10.0. The molecule has 0 radical (unpaired) electrons. The maximum atomic E-state index is 13.5. The van der Waals surface area contributed by atoms with E-state index in [-0.39, 0.29) is 12.2 Å². The van der Waals surface area contributed by atoms with Crippen LogP contribution >= 0.6 is 0 Å². The van der Waals surface area contributed by atoms with E-state index < -0.39 is 27.9 Å². The third kappa shape index (κ3) is 7.98. The van der Waals surface area contributed by atoms with E-state index in [9.17, 15) is 8.78 Å². The first kappa shape index (κ1) is 19.2. The fraction of sp³-hybridized carbons (Fsp3) is 0.625. The van der Waals surface area contributed by atoms with Crippen LogP contribution in [0.4, 0.5) is 8.78 Å². The third-order valence-corrected chi connectivity index (χ3v) is 4.17. The first-order valence-electron chi connectivity index (χ1n) is 7.75. The largest absolute Gasteiger partial charge is 0.379 e. The molecule has 0 saturated heterocycles. The Balaban J connectivity index is 2.27. The minimum Gasteiger partial charge on any atom is -0.379 e. The number of hydrogen-bond acceptors (Lipinski definition) is 3. The Labute approximate surface area is 133 Å². The molecule has 6 heteroatoms. The van der Waals surface area contributed by atoms with E-state index >= 15 is 0 Å². The lowest BCUT2D eigenvalue weighted by molar-refractivity contribution is -0.275. The zero-order valence-corrected chi connectivity index (χ0v) is 15.2. The van der Waals surface area contributed by atoms with Crippen molar-refractivity contribution in [1.82, 2.24) is 0 Å². The number of benzene rings is 1. The molecular formula is C16H26F2O3Si. The van der Waals surface area contributed by atoms with Gasteiger partial charge in [-0.25, -0.2) is 8.78 Å². The van der Waals surface area contributed by atoms with E-state index in [1.807, 2.05) is 27.7 Å². The van der Waals surface area contributed by atoms with Gasteiger partial charge in [-0.2, -0.15) is 0 Å². The molecule has 0 spiro atoms. The van der Waals surface area contributed by atoms with Gasteiger partial charge in [0, 0.05) is 6.07 Å². The predicted molar refractivity (Wildman–Crippen MR) is 85.3 cm³/mol. The van der Waals surface area contributed by atoms with Crippen LogP contribution in [0.15, 0.2) is 18.2 Å². The highest BCUT2D eigenvalue weighted by Gasteiger charge is 2.13. The Kier molecular flexibility index (Phi) is 8.78. The second-order valence-corrected chi connectivity index (χ2v) is 7.17. The van der Waals surface area contributed by atoms with Crippen LogP contribution in [0.2, 0.25) is 6.04 Å². The van der Waals surface area contributed by atoms with Gasteiger partial charge in [0.2, 0.25) is 0 Å². The molecule has 3 nitrogen and oxygen atoms in total. The third-order valence-electron chi connectivity index (χ3n) is 2.88. The van der Waals surface area contributed by atoms with Crippen molar-refractivity contribution >= 4 is 9.76 Å². The highest BCUT2D eigenvalue weighted by Crippen LogP contribution is 2.13. The van der Waals surface area contributed by atoms with Crippen LogP contribution in [0.3, 0.4) is 0 Å². The fourth-order valence-corrected chi connectivity index (χ4v) is 2.85. The Hall–Kier alpha value is -0.823. The first-order chi connectivity index (χ1) is 10.4. The van der Waals surface area contributed by atoms with Crippen LogP contribution in [0.25, 0.3) is 0 Å². The lowest BCUT2D eigenvalue weighted by Crippen LogP contribution is -2.28. The van der Waals surface area contributed by atoms with Gasteiger partial charge in [0.15, 0.2) is 9.76 Å². The van der Waals surface area contributed by atoms with Crippen LogP contribution < -0.4 is 0 Å². The molecule has 0 unspecified atom stereocenters. The summed E-state index contributed by atoms with van der Waals surface area (Å²) in [4.78, 5) is 0. The van der Waals surface area contributed by atoms with Crippen molar-refractivity contribution in [3.63, 3.8) is 0 Å². The van der Waals surface area contributed by atoms with Crippen LogP contribution in [0.5, 0.6) is 0 Å². The Morgan fingerprint density at radius 3 is 2.23 bits per heavy atom. The Morgan fingerprint density at radius 2 is 1.68 bits per heavy atom. The van der Waals surface area contributed by atoms with Gasteiger partial charge >= 0.3 is 0 Å². The molecule has 0 aliphatic carbocycles. The summed E-state index contributed by atoms with van der Waals surface area (Å²) in [5.74, 6) is -1.02. The van der Waals surface area contributed by atoms with Crippen molar-refractivity contribution in [2.45, 2.75) is 65.3 Å². The van der Waals surface area contributed by atoms with Crippen LogP contribution in [-0.2, 0) is 20.3 Å². The van der Waals surface area contributed by atoms with Crippen molar-refractivity contribution in [2.75, 3.05) is 0 Å². The second-order valence-electron chi connectivity index (χ2n) is 5.72. The number of hydrogen-bond donors (Lipinski definition) is 0. The molecule has 22 heavy (non-hydrogen) atoms. The van der Waals surface area contributed by atoms with Gasteiger partial charge in [-0.15, -0.1) is 0 Å². The van der Waals surface area contributed by atoms with Crippen molar-refractivity contribution in [2.24, 2.45) is 0 Å². The molecule has 0 heterocycles. The van der Waals surface area contributed by atoms with Crippen molar-refractivity contribution < 1.29 is 22.7 Å². The summed E-state index contributed by atoms with van der Waals surface area (Å²) < 4.78 is 43.1. The molecular weight excluding hydrogens is 306 g/mol. The maximum absolute atomic E-state index is 13.5. The molecule has 1 rings (SSSR count). The summed E-state index contributed by atoms with van der Waals surface area (Å²) in [6.07, 6.45) is 1.46. The molecule has 0 aliphatic heterocycles. The lowest BCUT2D eigenvalue weighted by atomic mass is 10.1. The topological polar surface area (TPSA) is 27.7 Å². The summed E-state index contributed by atoms with van der Waals surface area (Å²) >= 11 is 0. The Bertz CT molecular complexity index is 431. The minimum atomic E-state index is -0.805. The number of rotatable bonds is 10. The molecule has 0 N–H and O–H groups in total. The standard InChI is InChI=1S/C16H26F2O3Si/c1-11(2)19-16(20-12(3)4)21-22-9-5-6-13-7-8-14(17)10-15(13)18/h7-8,10-12,16H,5-6,9,22H2,1-4H3. The summed E-state index contributed by atoms with van der Waals surface area (Å²) in [6.45, 7) is 7.10. The molecule has 0 bridgehead atoms. The number of aryl methyl sites for hydroxylation is 1. The van der Waals surface area contributed by atoms with E-state index in [0.717, 1.165) is 18.5 Å². The summed E-state index contributed by atoms with van der Waals surface area (Å²) in [5, 5.41) is 0. The molecule has 0 aromatic heterocycles. The molecule has 126 valence electrons. The zero-order chi connectivity index (χ0) is 16.5. The lowest BCUT2D eigenvalue weighted by Gasteiger charge is -2.23. The zero-order valence-electron chi connectivity index (χ0n) is 13.8. The molecule has 0 saturated carbocycles. The van der Waals surface area contributed by atoms with E-state index in [1.54, 1.807) is 0 Å². The molecule has 1 aromatic carbocycles. The first-order valence-corrected chi connectivity index (χ1v) is 9.32. The highest BCUT2D eigenvalue weighted by molar-refractivity contribution is 6.27. The summed E-state index contributed by atoms with van der Waals surface area (Å²) in [5.41, 5.74) is 0.545. The average molecular weight is 332 g/mol. The predicted octanol–water partition coefficient (Wildman–Crippen LogP) is 3.55. The molecule has 0 amide bonds. The quantitative estimate of drug-likeness (QED) is 0.372. The van der Waals surface area contributed by atoms with Crippen LogP contribution in [0, 0.1) is 11.6 Å². The van der Waals surface area contributed by atoms with Crippen molar-refractivity contribution in [3.05, 3.63) is 35.4 Å². The summed E-state index contributed by atoms with van der Waals surface area (Å²) in [7, 11) is -0.805. The van der Waals surface area contributed by atoms with Crippen LogP contribution in [-0.4, -0.2) is 28.4 Å². The molecule has 0 aliphatic rings. The van der Waals surface area contributed by atoms with Gasteiger partial charge in [-0.05, 0) is 58.2 Å². The van der Waals surface area contributed by atoms with Gasteiger partial charge in [0.25, 0.3) is 6.48 Å². The molecule has 1 aromatic rings. The maximum Gasteiger partial charge on any atom is 0.262 e. The SMILES string of the molecule is CC(C)OC(O[SiH2]CCCc1ccc(F)cc1F)OC(C)C. The average Bonchev–Trinajstić information content (AvgIpc) is 2.39. The monoisotopic (exact) mass is 332 g/mol.